The molecule has 4 rings (SSSR count). The summed E-state index contributed by atoms with van der Waals surface area (Å²) < 4.78 is 6.92. The minimum Gasteiger partial charge on any atom is -0.497 e. The maximum atomic E-state index is 12.5. The Morgan fingerprint density at radius 1 is 1.26 bits per heavy atom. The first-order chi connectivity index (χ1) is 15.0. The Balaban J connectivity index is 1.68. The van der Waals surface area contributed by atoms with E-state index in [1.54, 1.807) is 35.9 Å². The molecule has 2 aromatic carbocycles. The molecule has 0 unspecified atom stereocenters. The second-order valence-corrected chi connectivity index (χ2v) is 7.99. The molecule has 10 heteroatoms. The Kier molecular flexibility index (Phi) is 5.97. The minimum atomic E-state index is -0.231. The van der Waals surface area contributed by atoms with Gasteiger partial charge in [-0.25, -0.2) is 4.98 Å². The average molecular weight is 455 g/mol. The fourth-order valence-electron chi connectivity index (χ4n) is 3.08. The number of para-hydroxylation sites is 1. The van der Waals surface area contributed by atoms with Gasteiger partial charge in [-0.1, -0.05) is 35.5 Å². The third kappa shape index (κ3) is 4.28. The van der Waals surface area contributed by atoms with E-state index in [2.05, 4.69) is 20.5 Å². The number of aromatic amines is 1. The third-order valence-electron chi connectivity index (χ3n) is 4.59. The summed E-state index contributed by atoms with van der Waals surface area (Å²) in [5.41, 5.74) is 2.69. The topological polar surface area (TPSA) is 109 Å². The average Bonchev–Trinajstić information content (AvgIpc) is 3.15. The number of hydrogen-bond acceptors (Lipinski definition) is 6. The van der Waals surface area contributed by atoms with Crippen molar-refractivity contribution in [1.82, 2.24) is 19.7 Å². The summed E-state index contributed by atoms with van der Waals surface area (Å²) in [6.45, 7) is 1.84. The number of nitrogens with zero attached hydrogens (tertiary/aromatic N) is 3. The van der Waals surface area contributed by atoms with E-state index in [0.717, 1.165) is 11.4 Å². The Hall–Kier alpha value is -3.30. The highest BCUT2D eigenvalue weighted by Gasteiger charge is 2.16. The van der Waals surface area contributed by atoms with Gasteiger partial charge in [0.2, 0.25) is 5.91 Å². The van der Waals surface area contributed by atoms with Gasteiger partial charge < -0.3 is 10.1 Å². The molecule has 2 heterocycles. The minimum absolute atomic E-state index is 0.0860. The third-order valence-corrected chi connectivity index (χ3v) is 5.86. The first-order valence-electron chi connectivity index (χ1n) is 9.32. The predicted octanol–water partition coefficient (Wildman–Crippen LogP) is 3.93. The molecule has 0 saturated carbocycles. The fraction of sp³-hybridized carbons (Fsp3) is 0.143. The van der Waals surface area contributed by atoms with Gasteiger partial charge in [-0.3, -0.25) is 19.9 Å². The van der Waals surface area contributed by atoms with Crippen molar-refractivity contribution in [2.75, 3.05) is 18.2 Å². The normalized spacial score (nSPS) is 10.9. The molecular formula is C21H19ClN6O2S. The molecule has 0 atom stereocenters. The Bertz CT molecular complexity index is 1320. The van der Waals surface area contributed by atoms with Crippen LogP contribution in [0.4, 0.5) is 5.69 Å². The molecule has 4 aromatic rings. The molecule has 0 aliphatic rings. The zero-order valence-corrected chi connectivity index (χ0v) is 18.3. The van der Waals surface area contributed by atoms with Gasteiger partial charge in [-0.15, -0.1) is 0 Å². The second-order valence-electron chi connectivity index (χ2n) is 6.64. The van der Waals surface area contributed by atoms with Crippen LogP contribution in [0.25, 0.3) is 16.7 Å². The van der Waals surface area contributed by atoms with Crippen LogP contribution in [0.2, 0.25) is 5.02 Å². The molecule has 0 bridgehead atoms. The summed E-state index contributed by atoms with van der Waals surface area (Å²) in [6, 6.07) is 14.4. The molecule has 31 heavy (non-hydrogen) atoms. The van der Waals surface area contributed by atoms with E-state index in [0.29, 0.717) is 32.6 Å². The highest BCUT2D eigenvalue weighted by atomic mass is 35.5. The van der Waals surface area contributed by atoms with Crippen molar-refractivity contribution >= 4 is 46.0 Å². The molecule has 0 radical (unpaired) electrons. The zero-order valence-electron chi connectivity index (χ0n) is 16.8. The lowest BCUT2D eigenvalue weighted by molar-refractivity contribution is -0.113. The first kappa shape index (κ1) is 21.0. The molecule has 8 nitrogen and oxygen atoms in total. The van der Waals surface area contributed by atoms with Crippen molar-refractivity contribution < 1.29 is 9.53 Å². The van der Waals surface area contributed by atoms with Crippen molar-refractivity contribution in [2.45, 2.75) is 12.1 Å². The van der Waals surface area contributed by atoms with E-state index >= 15 is 0 Å². The fourth-order valence-corrected chi connectivity index (χ4v) is 4.07. The van der Waals surface area contributed by atoms with E-state index in [9.17, 15) is 4.79 Å². The van der Waals surface area contributed by atoms with Gasteiger partial charge in [0.25, 0.3) is 0 Å². The van der Waals surface area contributed by atoms with Crippen LogP contribution in [-0.2, 0) is 4.79 Å². The van der Waals surface area contributed by atoms with Crippen molar-refractivity contribution in [2.24, 2.45) is 0 Å². The number of ether oxygens (including phenoxy) is 1. The van der Waals surface area contributed by atoms with Crippen LogP contribution in [0.15, 0.2) is 53.7 Å². The number of halogens is 1. The lowest BCUT2D eigenvalue weighted by atomic mass is 10.2. The van der Waals surface area contributed by atoms with Crippen LogP contribution in [0.1, 0.15) is 5.69 Å². The lowest BCUT2D eigenvalue weighted by Crippen LogP contribution is -2.23. The molecule has 0 fully saturated rings. The quantitative estimate of drug-likeness (QED) is 0.302. The summed E-state index contributed by atoms with van der Waals surface area (Å²) >= 11 is 7.33. The summed E-state index contributed by atoms with van der Waals surface area (Å²) in [4.78, 5) is 17.1. The molecule has 0 spiro atoms. The maximum Gasteiger partial charge on any atom is 0.234 e. The van der Waals surface area contributed by atoms with Gasteiger partial charge in [-0.2, -0.15) is 5.10 Å². The number of H-pyrrole nitrogens is 1. The predicted molar refractivity (Wildman–Crippen MR) is 121 cm³/mol. The van der Waals surface area contributed by atoms with Crippen LogP contribution >= 0.6 is 23.4 Å². The smallest absolute Gasteiger partial charge is 0.234 e. The van der Waals surface area contributed by atoms with Gasteiger partial charge in [0.15, 0.2) is 10.8 Å². The van der Waals surface area contributed by atoms with Gasteiger partial charge in [-0.05, 0) is 43.3 Å². The SMILES string of the molecule is COc1ccc(-n2c(SCC(=O)Nc3ccccc3Cl)nc3n[nH]c(C)c3c2=N)cc1. The number of anilines is 1. The number of fused-ring (bicyclic) bond motifs is 1. The molecule has 2 aromatic heterocycles. The van der Waals surface area contributed by atoms with Crippen molar-refractivity contribution in [1.29, 1.82) is 5.41 Å². The van der Waals surface area contributed by atoms with Crippen LogP contribution < -0.4 is 15.5 Å². The number of benzene rings is 2. The second kappa shape index (κ2) is 8.83. The van der Waals surface area contributed by atoms with Gasteiger partial charge >= 0.3 is 0 Å². The van der Waals surface area contributed by atoms with Crippen LogP contribution in [0, 0.1) is 12.3 Å². The van der Waals surface area contributed by atoms with Crippen molar-refractivity contribution in [3.63, 3.8) is 0 Å². The van der Waals surface area contributed by atoms with Crippen LogP contribution in [-0.4, -0.2) is 38.5 Å². The summed E-state index contributed by atoms with van der Waals surface area (Å²) in [5, 5.41) is 20.2. The number of carbonyl (C=O) groups excluding carboxylic acids is 1. The standard InChI is InChI=1S/C21H19ClN6O2S/c1-12-18-19(23)28(13-7-9-14(30-2)10-8-13)21(25-20(18)27-26-12)31-11-17(29)24-16-6-4-3-5-15(16)22/h3-10,23H,11H2,1-2H3,(H,24,29)(H,26,27). The number of methoxy groups -OCH3 is 1. The van der Waals surface area contributed by atoms with Gasteiger partial charge in [0.05, 0.1) is 29.0 Å². The number of amides is 1. The van der Waals surface area contributed by atoms with E-state index in [1.807, 2.05) is 31.2 Å². The monoisotopic (exact) mass is 454 g/mol. The number of aryl methyl sites for hydroxylation is 1. The largest absolute Gasteiger partial charge is 0.497 e. The van der Waals surface area contributed by atoms with Crippen molar-refractivity contribution in [3.8, 4) is 11.4 Å². The number of thioether (sulfide) groups is 1. The summed E-state index contributed by atoms with van der Waals surface area (Å²) in [6.07, 6.45) is 0. The molecule has 1 amide bonds. The molecule has 0 saturated heterocycles. The van der Waals surface area contributed by atoms with E-state index < -0.39 is 0 Å². The van der Waals surface area contributed by atoms with Crippen LogP contribution in [0.5, 0.6) is 5.75 Å². The Morgan fingerprint density at radius 2 is 2.00 bits per heavy atom. The highest BCUT2D eigenvalue weighted by molar-refractivity contribution is 7.99. The molecule has 0 aliphatic carbocycles. The maximum absolute atomic E-state index is 12.5. The van der Waals surface area contributed by atoms with Crippen molar-refractivity contribution in [3.05, 3.63) is 64.7 Å². The molecule has 0 aliphatic heterocycles. The summed E-state index contributed by atoms with van der Waals surface area (Å²) in [7, 11) is 1.60. The molecule has 158 valence electrons. The van der Waals surface area contributed by atoms with E-state index in [1.165, 1.54) is 11.8 Å². The Labute approximate surface area is 187 Å². The number of carbonyl (C=O) groups is 1. The zero-order chi connectivity index (χ0) is 22.0. The van der Waals surface area contributed by atoms with Crippen LogP contribution in [0.3, 0.4) is 0 Å². The van der Waals surface area contributed by atoms with E-state index in [4.69, 9.17) is 21.7 Å². The highest BCUT2D eigenvalue weighted by Crippen LogP contribution is 2.24. The van der Waals surface area contributed by atoms with Gasteiger partial charge in [0.1, 0.15) is 11.2 Å². The number of rotatable bonds is 6. The Morgan fingerprint density at radius 3 is 2.71 bits per heavy atom. The summed E-state index contributed by atoms with van der Waals surface area (Å²) in [5.74, 6) is 0.562. The van der Waals surface area contributed by atoms with E-state index in [-0.39, 0.29) is 17.1 Å². The first-order valence-corrected chi connectivity index (χ1v) is 10.7. The number of hydrogen-bond donors (Lipinski definition) is 3. The molecule has 3 N–H and O–H groups in total. The number of aromatic nitrogens is 4. The molecular weight excluding hydrogens is 436 g/mol. The number of nitrogens with one attached hydrogen (secondary N) is 3. The lowest BCUT2D eigenvalue weighted by Gasteiger charge is -2.14. The van der Waals surface area contributed by atoms with Gasteiger partial charge in [0, 0.05) is 11.4 Å².